The van der Waals surface area contributed by atoms with Gasteiger partial charge in [-0.15, -0.1) is 0 Å². The molecule has 1 aromatic rings. The molecule has 2 fully saturated rings. The van der Waals surface area contributed by atoms with Gasteiger partial charge in [-0.2, -0.15) is 4.31 Å². The van der Waals surface area contributed by atoms with Crippen LogP contribution in [0.4, 0.5) is 4.79 Å². The highest BCUT2D eigenvalue weighted by molar-refractivity contribution is 7.88. The van der Waals surface area contributed by atoms with Gasteiger partial charge in [-0.05, 0) is 49.0 Å². The number of urea groups is 1. The van der Waals surface area contributed by atoms with Gasteiger partial charge in [0.2, 0.25) is 27.6 Å². The van der Waals surface area contributed by atoms with Gasteiger partial charge in [0.15, 0.2) is 0 Å². The monoisotopic (exact) mass is 744 g/mol. The molecule has 2 unspecified atom stereocenters. The smallest absolute Gasteiger partial charge is 0.315 e. The molecule has 1 aliphatic carbocycles. The second-order valence-corrected chi connectivity index (χ2v) is 18.9. The fraction of sp³-hybridized carbons (Fsp3) is 0.658. The molecule has 5 atom stereocenters. The van der Waals surface area contributed by atoms with Gasteiger partial charge in [0, 0.05) is 31.6 Å². The molecule has 0 aromatic heterocycles. The Bertz CT molecular complexity index is 1590. The normalized spacial score (nSPS) is 19.9. The van der Waals surface area contributed by atoms with Gasteiger partial charge in [-0.1, -0.05) is 103 Å². The molecule has 1 saturated heterocycles. The molecule has 1 aromatic carbocycles. The van der Waals surface area contributed by atoms with Gasteiger partial charge < -0.3 is 26.6 Å². The van der Waals surface area contributed by atoms with E-state index in [1.807, 2.05) is 71.0 Å². The molecule has 1 aliphatic heterocycles. The summed E-state index contributed by atoms with van der Waals surface area (Å²) in [6, 6.07) is 4.71. The maximum Gasteiger partial charge on any atom is 0.315 e. The van der Waals surface area contributed by atoms with E-state index in [-0.39, 0.29) is 31.5 Å². The van der Waals surface area contributed by atoms with Gasteiger partial charge in [-0.25, -0.2) is 13.2 Å². The second-order valence-electron chi connectivity index (χ2n) is 16.9. The van der Waals surface area contributed by atoms with Crippen LogP contribution >= 0.6 is 0 Å². The molecule has 3 rings (SSSR count). The average molecular weight is 745 g/mol. The van der Waals surface area contributed by atoms with Gasteiger partial charge >= 0.3 is 6.03 Å². The van der Waals surface area contributed by atoms with Crippen LogP contribution in [0, 0.1) is 22.7 Å². The third kappa shape index (κ3) is 11.9. The number of allylic oxidation sites excluding steroid dienone is 1. The van der Waals surface area contributed by atoms with E-state index < -0.39 is 74.6 Å². The molecule has 1 heterocycles. The van der Waals surface area contributed by atoms with Crippen LogP contribution in [0.3, 0.4) is 0 Å². The number of ketones is 1. The van der Waals surface area contributed by atoms with Crippen LogP contribution in [-0.2, 0) is 35.7 Å². The van der Waals surface area contributed by atoms with Crippen LogP contribution in [0.25, 0.3) is 0 Å². The highest BCUT2D eigenvalue weighted by Crippen LogP contribution is 2.33. The van der Waals surface area contributed by atoms with Crippen LogP contribution in [0.5, 0.6) is 0 Å². The quantitative estimate of drug-likeness (QED) is 0.156. The molecule has 0 spiro atoms. The van der Waals surface area contributed by atoms with Crippen molar-refractivity contribution in [1.82, 2.24) is 25.2 Å². The molecule has 13 nitrogen and oxygen atoms in total. The summed E-state index contributed by atoms with van der Waals surface area (Å²) in [4.78, 5) is 68.5. The molecule has 290 valence electrons. The Hall–Kier alpha value is -3.78. The summed E-state index contributed by atoms with van der Waals surface area (Å²) in [5.41, 5.74) is 5.72. The summed E-state index contributed by atoms with van der Waals surface area (Å²) in [6.45, 7) is 15.2. The van der Waals surface area contributed by atoms with Crippen LogP contribution in [0.2, 0.25) is 0 Å². The van der Waals surface area contributed by atoms with Crippen molar-refractivity contribution in [3.8, 4) is 0 Å². The number of sulfonamides is 1. The minimum Gasteiger partial charge on any atom is -0.363 e. The number of carbonyl (C=O) groups is 5. The fourth-order valence-electron chi connectivity index (χ4n) is 6.71. The third-order valence-electron chi connectivity index (χ3n) is 10.0. The molecule has 5 amide bonds. The maximum atomic E-state index is 14.5. The average Bonchev–Trinajstić information content (AvgIpc) is 3.41. The minimum absolute atomic E-state index is 0.0103. The number of primary amides is 1. The highest BCUT2D eigenvalue weighted by atomic mass is 32.2. The SMILES string of the molecule is CC(C)=C[C@H]1CCN(C(=O)[C@@H](NC(=O)NC(CN(Cc2ccccc2)S(C)(=O)=O)C(C)(C)C)C(C)(C)C)[C@@H]1C(=O)NC(CC1CCC1)C(=O)C(N)=O. The molecule has 5 N–H and O–H groups in total. The summed E-state index contributed by atoms with van der Waals surface area (Å²) < 4.78 is 27.1. The lowest BCUT2D eigenvalue weighted by Gasteiger charge is -2.38. The minimum atomic E-state index is -3.67. The second kappa shape index (κ2) is 17.4. The number of rotatable bonds is 15. The molecule has 52 heavy (non-hydrogen) atoms. The number of benzene rings is 1. The molecular formula is C38H60N6O7S. The van der Waals surface area contributed by atoms with E-state index in [2.05, 4.69) is 16.0 Å². The van der Waals surface area contributed by atoms with Crippen LogP contribution < -0.4 is 21.7 Å². The largest absolute Gasteiger partial charge is 0.363 e. The number of amides is 5. The predicted octanol–water partition coefficient (Wildman–Crippen LogP) is 3.49. The molecular weight excluding hydrogens is 685 g/mol. The van der Waals surface area contributed by atoms with Gasteiger partial charge in [-0.3, -0.25) is 19.2 Å². The lowest BCUT2D eigenvalue weighted by molar-refractivity contribution is -0.144. The summed E-state index contributed by atoms with van der Waals surface area (Å²) in [5.74, 6) is -3.20. The van der Waals surface area contributed by atoms with E-state index in [0.29, 0.717) is 12.8 Å². The predicted molar refractivity (Wildman–Crippen MR) is 201 cm³/mol. The van der Waals surface area contributed by atoms with Crippen molar-refractivity contribution in [1.29, 1.82) is 0 Å². The molecule has 1 saturated carbocycles. The van der Waals surface area contributed by atoms with Crippen molar-refractivity contribution in [2.24, 2.45) is 28.4 Å². The Labute approximate surface area is 309 Å². The summed E-state index contributed by atoms with van der Waals surface area (Å²) >= 11 is 0. The van der Waals surface area contributed by atoms with Crippen molar-refractivity contribution in [2.75, 3.05) is 19.3 Å². The molecule has 14 heteroatoms. The van der Waals surface area contributed by atoms with E-state index in [1.165, 1.54) is 9.21 Å². The van der Waals surface area contributed by atoms with E-state index in [0.717, 1.165) is 36.7 Å². The number of likely N-dealkylation sites (tertiary alicyclic amines) is 1. The van der Waals surface area contributed by atoms with Crippen LogP contribution in [-0.4, -0.2) is 90.7 Å². The number of nitrogens with zero attached hydrogens (tertiary/aromatic N) is 2. The van der Waals surface area contributed by atoms with E-state index in [9.17, 15) is 32.4 Å². The topological polar surface area (TPSA) is 188 Å². The van der Waals surface area contributed by atoms with Crippen LogP contribution in [0.1, 0.15) is 93.1 Å². The van der Waals surface area contributed by atoms with E-state index in [1.54, 1.807) is 20.8 Å². The van der Waals surface area contributed by atoms with Crippen molar-refractivity contribution in [3.63, 3.8) is 0 Å². The van der Waals surface area contributed by atoms with Crippen molar-refractivity contribution in [2.45, 2.75) is 118 Å². The third-order valence-corrected chi connectivity index (χ3v) is 11.2. The van der Waals surface area contributed by atoms with Gasteiger partial charge in [0.05, 0.1) is 12.3 Å². The molecule has 2 aliphatic rings. The first-order valence-corrected chi connectivity index (χ1v) is 20.0. The summed E-state index contributed by atoms with van der Waals surface area (Å²) in [5, 5.41) is 8.57. The van der Waals surface area contributed by atoms with E-state index in [4.69, 9.17) is 5.73 Å². The Morgan fingerprint density at radius 1 is 0.942 bits per heavy atom. The summed E-state index contributed by atoms with van der Waals surface area (Å²) in [6.07, 6.45) is 6.63. The Morgan fingerprint density at radius 2 is 1.56 bits per heavy atom. The maximum absolute atomic E-state index is 14.5. The molecule has 0 bridgehead atoms. The standard InChI is InChI=1S/C38H60N6O7S/c1-24(2)20-27-18-19-44(30(27)34(47)40-28(31(45)33(39)46)21-25-16-13-17-25)35(48)32(38(6,7)8)42-36(49)41-29(37(3,4)5)23-43(52(9,50)51)22-26-14-11-10-12-15-26/h10-12,14-15,20,25,27-30,32H,13,16-19,21-23H2,1-9H3,(H2,39,46)(H,40,47)(H2,41,42,49)/t27-,28?,29?,30+,32-/m1/s1. The lowest BCUT2D eigenvalue weighted by Crippen LogP contribution is -2.62. The zero-order chi connectivity index (χ0) is 39.2. The lowest BCUT2D eigenvalue weighted by atomic mass is 9.80. The zero-order valence-electron chi connectivity index (χ0n) is 32.3. The van der Waals surface area contributed by atoms with Crippen molar-refractivity contribution in [3.05, 3.63) is 47.5 Å². The summed E-state index contributed by atoms with van der Waals surface area (Å²) in [7, 11) is -3.67. The van der Waals surface area contributed by atoms with E-state index >= 15 is 0 Å². The first kappa shape index (κ1) is 42.6. The number of nitrogens with two attached hydrogens (primary N) is 1. The first-order valence-electron chi connectivity index (χ1n) is 18.1. The number of Topliss-reactive ketones (excluding diaryl/α,β-unsaturated/α-hetero) is 1. The van der Waals surface area contributed by atoms with Crippen molar-refractivity contribution < 1.29 is 32.4 Å². The van der Waals surface area contributed by atoms with Gasteiger partial charge in [0.1, 0.15) is 12.1 Å². The number of hydrogen-bond acceptors (Lipinski definition) is 7. The van der Waals surface area contributed by atoms with Crippen molar-refractivity contribution >= 4 is 39.6 Å². The Kier molecular flexibility index (Phi) is 14.2. The Balaban J connectivity index is 1.87. The highest BCUT2D eigenvalue weighted by Gasteiger charge is 2.47. The fourth-order valence-corrected chi connectivity index (χ4v) is 7.52. The number of hydrogen-bond donors (Lipinski definition) is 4. The van der Waals surface area contributed by atoms with Crippen LogP contribution in [0.15, 0.2) is 42.0 Å². The van der Waals surface area contributed by atoms with Gasteiger partial charge in [0.25, 0.3) is 5.91 Å². The first-order chi connectivity index (χ1) is 24.0. The Morgan fingerprint density at radius 3 is 2.04 bits per heavy atom. The zero-order valence-corrected chi connectivity index (χ0v) is 33.1. The molecule has 0 radical (unpaired) electrons. The number of carbonyl (C=O) groups excluding carboxylic acids is 5. The number of nitrogens with one attached hydrogen (secondary N) is 3.